The van der Waals surface area contributed by atoms with Crippen LogP contribution in [0.1, 0.15) is 11.1 Å². The first-order chi connectivity index (χ1) is 8.78. The van der Waals surface area contributed by atoms with Crippen molar-refractivity contribution in [2.75, 3.05) is 12.8 Å². The summed E-state index contributed by atoms with van der Waals surface area (Å²) in [5.74, 6) is 0.890. The minimum atomic E-state index is 0.806. The molecule has 4 heteroatoms. The number of rotatable bonds is 3. The van der Waals surface area contributed by atoms with E-state index < -0.39 is 0 Å². The second-order valence-corrected chi connectivity index (χ2v) is 3.77. The third kappa shape index (κ3) is 4.31. The minimum absolute atomic E-state index is 0.806. The van der Waals surface area contributed by atoms with E-state index in [0.717, 1.165) is 17.9 Å². The summed E-state index contributed by atoms with van der Waals surface area (Å²) < 4.78 is 5.19. The number of nitrogen functional groups attached to an aromatic ring is 1. The van der Waals surface area contributed by atoms with Gasteiger partial charge < -0.3 is 10.5 Å². The Hall–Kier alpha value is -1.65. The normalized spacial score (nSPS) is 9.28. The molecule has 2 aromatic rings. The average Bonchev–Trinajstić information content (AvgIpc) is 2.41. The molecule has 0 heterocycles. The van der Waals surface area contributed by atoms with E-state index in [4.69, 9.17) is 10.5 Å². The molecule has 0 atom stereocenters. The van der Waals surface area contributed by atoms with E-state index in [1.54, 1.807) is 7.11 Å². The van der Waals surface area contributed by atoms with Crippen molar-refractivity contribution >= 4 is 18.5 Å². The fourth-order valence-electron chi connectivity index (χ4n) is 1.72. The summed E-state index contributed by atoms with van der Waals surface area (Å²) in [7, 11) is 1.68. The van der Waals surface area contributed by atoms with Gasteiger partial charge in [-0.2, -0.15) is 0 Å². The number of anilines is 1. The van der Waals surface area contributed by atoms with E-state index in [-0.39, 0.29) is 0 Å². The van der Waals surface area contributed by atoms with Crippen LogP contribution in [0.5, 0.6) is 5.75 Å². The van der Waals surface area contributed by atoms with E-state index in [0.29, 0.717) is 0 Å². The molecule has 0 aromatic heterocycles. The first kappa shape index (κ1) is 14.4. The number of thiol groups is 1. The lowest BCUT2D eigenvalue weighted by Crippen LogP contribution is -1.91. The maximum atomic E-state index is 5.74. The van der Waals surface area contributed by atoms with Gasteiger partial charge in [0.25, 0.3) is 0 Å². The SMILES string of the molecule is COc1cccc(Cc2cccc(N)c2)c1.NS. The molecule has 0 fully saturated rings. The molecule has 0 amide bonds. The molecule has 0 bridgehead atoms. The summed E-state index contributed by atoms with van der Waals surface area (Å²) >= 11 is 3.03. The van der Waals surface area contributed by atoms with Gasteiger partial charge in [-0.25, -0.2) is 0 Å². The molecule has 0 spiro atoms. The minimum Gasteiger partial charge on any atom is -0.497 e. The van der Waals surface area contributed by atoms with E-state index >= 15 is 0 Å². The van der Waals surface area contributed by atoms with Gasteiger partial charge >= 0.3 is 0 Å². The van der Waals surface area contributed by atoms with Gasteiger partial charge in [0, 0.05) is 5.69 Å². The molecule has 0 aliphatic heterocycles. The highest BCUT2D eigenvalue weighted by atomic mass is 32.1. The lowest BCUT2D eigenvalue weighted by atomic mass is 10.0. The van der Waals surface area contributed by atoms with Crippen molar-refractivity contribution in [2.45, 2.75) is 6.42 Å². The zero-order chi connectivity index (χ0) is 13.4. The van der Waals surface area contributed by atoms with Crippen LogP contribution in [0.2, 0.25) is 0 Å². The van der Waals surface area contributed by atoms with Gasteiger partial charge in [0.15, 0.2) is 0 Å². The summed E-state index contributed by atoms with van der Waals surface area (Å²) in [6, 6.07) is 16.0. The molecular weight excluding hydrogens is 244 g/mol. The highest BCUT2D eigenvalue weighted by Gasteiger charge is 1.98. The van der Waals surface area contributed by atoms with E-state index in [1.807, 2.05) is 36.4 Å². The smallest absolute Gasteiger partial charge is 0.119 e. The third-order valence-corrected chi connectivity index (χ3v) is 2.49. The second-order valence-electron chi connectivity index (χ2n) is 3.77. The number of ether oxygens (including phenoxy) is 1. The van der Waals surface area contributed by atoms with Crippen LogP contribution in [0, 0.1) is 0 Å². The number of benzene rings is 2. The molecule has 0 radical (unpaired) electrons. The molecular formula is C14H18N2OS. The van der Waals surface area contributed by atoms with Crippen LogP contribution < -0.4 is 15.6 Å². The quantitative estimate of drug-likeness (QED) is 0.588. The maximum absolute atomic E-state index is 5.74. The number of nitrogens with two attached hydrogens (primary N) is 2. The van der Waals surface area contributed by atoms with Crippen molar-refractivity contribution in [3.05, 3.63) is 59.7 Å². The Kier molecular flexibility index (Phi) is 6.11. The van der Waals surface area contributed by atoms with Gasteiger partial charge in [-0.15, -0.1) is 12.8 Å². The van der Waals surface area contributed by atoms with Crippen LogP contribution in [0.25, 0.3) is 0 Å². The predicted molar refractivity (Wildman–Crippen MR) is 79.8 cm³/mol. The number of methoxy groups -OCH3 is 1. The van der Waals surface area contributed by atoms with Crippen molar-refractivity contribution in [2.24, 2.45) is 5.14 Å². The highest BCUT2D eigenvalue weighted by molar-refractivity contribution is 7.77. The third-order valence-electron chi connectivity index (χ3n) is 2.49. The largest absolute Gasteiger partial charge is 0.497 e. The van der Waals surface area contributed by atoms with Crippen molar-refractivity contribution in [3.63, 3.8) is 0 Å². The Labute approximate surface area is 113 Å². The molecule has 2 aromatic carbocycles. The molecule has 0 unspecified atom stereocenters. The summed E-state index contributed by atoms with van der Waals surface area (Å²) in [4.78, 5) is 0. The van der Waals surface area contributed by atoms with Crippen molar-refractivity contribution in [1.29, 1.82) is 0 Å². The van der Waals surface area contributed by atoms with Crippen LogP contribution in [0.3, 0.4) is 0 Å². The Morgan fingerprint density at radius 3 is 2.22 bits per heavy atom. The summed E-state index contributed by atoms with van der Waals surface area (Å²) in [6.45, 7) is 0. The molecule has 96 valence electrons. The van der Waals surface area contributed by atoms with E-state index in [1.165, 1.54) is 11.1 Å². The molecule has 0 saturated carbocycles. The number of hydrogen-bond donors (Lipinski definition) is 3. The van der Waals surface area contributed by atoms with Crippen molar-refractivity contribution < 1.29 is 4.74 Å². The topological polar surface area (TPSA) is 61.3 Å². The van der Waals surface area contributed by atoms with Crippen LogP contribution in [-0.4, -0.2) is 7.11 Å². The van der Waals surface area contributed by atoms with Crippen LogP contribution in [0.4, 0.5) is 5.69 Å². The number of hydrogen-bond acceptors (Lipinski definition) is 4. The Morgan fingerprint density at radius 1 is 1.00 bits per heavy atom. The van der Waals surface area contributed by atoms with Crippen molar-refractivity contribution in [1.82, 2.24) is 0 Å². The summed E-state index contributed by atoms with van der Waals surface area (Å²) in [6.07, 6.45) is 0.877. The second kappa shape index (κ2) is 7.63. The average molecular weight is 262 g/mol. The predicted octanol–water partition coefficient (Wildman–Crippen LogP) is 2.66. The van der Waals surface area contributed by atoms with Gasteiger partial charge in [0.05, 0.1) is 7.11 Å². The first-order valence-electron chi connectivity index (χ1n) is 5.51. The van der Waals surface area contributed by atoms with Gasteiger partial charge in [-0.3, -0.25) is 5.14 Å². The molecule has 4 N–H and O–H groups in total. The Bertz CT molecular complexity index is 489. The molecule has 18 heavy (non-hydrogen) atoms. The van der Waals surface area contributed by atoms with Crippen LogP contribution in [-0.2, 0) is 6.42 Å². The van der Waals surface area contributed by atoms with Crippen LogP contribution >= 0.6 is 12.8 Å². The molecule has 2 rings (SSSR count). The summed E-state index contributed by atoms with van der Waals surface area (Å²) in [5.41, 5.74) is 8.99. The monoisotopic (exact) mass is 262 g/mol. The van der Waals surface area contributed by atoms with Crippen LogP contribution in [0.15, 0.2) is 48.5 Å². The van der Waals surface area contributed by atoms with Gasteiger partial charge in [-0.1, -0.05) is 24.3 Å². The van der Waals surface area contributed by atoms with Gasteiger partial charge in [0.2, 0.25) is 0 Å². The zero-order valence-corrected chi connectivity index (χ0v) is 11.2. The highest BCUT2D eigenvalue weighted by Crippen LogP contribution is 2.17. The maximum Gasteiger partial charge on any atom is 0.119 e. The fraction of sp³-hybridized carbons (Fsp3) is 0.143. The van der Waals surface area contributed by atoms with Gasteiger partial charge in [0.1, 0.15) is 5.75 Å². The Balaban J connectivity index is 0.000000771. The zero-order valence-electron chi connectivity index (χ0n) is 10.3. The summed E-state index contributed by atoms with van der Waals surface area (Å²) in [5, 5.41) is 4.19. The first-order valence-corrected chi connectivity index (χ1v) is 6.03. The van der Waals surface area contributed by atoms with E-state index in [2.05, 4.69) is 30.1 Å². The molecule has 0 aliphatic carbocycles. The Morgan fingerprint density at radius 2 is 1.61 bits per heavy atom. The molecule has 3 nitrogen and oxygen atoms in total. The fourth-order valence-corrected chi connectivity index (χ4v) is 1.72. The van der Waals surface area contributed by atoms with Crippen molar-refractivity contribution in [3.8, 4) is 5.75 Å². The van der Waals surface area contributed by atoms with Gasteiger partial charge in [-0.05, 0) is 41.8 Å². The molecule has 0 saturated heterocycles. The lowest BCUT2D eigenvalue weighted by Gasteiger charge is -2.05. The lowest BCUT2D eigenvalue weighted by molar-refractivity contribution is 0.414. The molecule has 0 aliphatic rings. The standard InChI is InChI=1S/C14H15NO.H3NS/c1-16-14-7-3-5-12(10-14)8-11-4-2-6-13(15)9-11;1-2/h2-7,9-10H,8,15H2,1H3;2H,1H2. The van der Waals surface area contributed by atoms with E-state index in [9.17, 15) is 0 Å².